The summed E-state index contributed by atoms with van der Waals surface area (Å²) in [6.07, 6.45) is 3.99. The molecule has 4 heteroatoms. The molecule has 0 spiro atoms. The van der Waals surface area contributed by atoms with Crippen molar-refractivity contribution in [2.75, 3.05) is 6.61 Å². The molecule has 4 nitrogen and oxygen atoms in total. The summed E-state index contributed by atoms with van der Waals surface area (Å²) in [4.78, 5) is 20.5. The third-order valence-corrected chi connectivity index (χ3v) is 2.39. The molecule has 104 valence electrons. The molecule has 0 saturated carbocycles. The van der Waals surface area contributed by atoms with Gasteiger partial charge in [-0.2, -0.15) is 0 Å². The molecule has 0 saturated heterocycles. The number of ether oxygens (including phenoxy) is 1. The molecule has 0 aliphatic heterocycles. The van der Waals surface area contributed by atoms with Gasteiger partial charge in [-0.05, 0) is 18.8 Å². The van der Waals surface area contributed by atoms with E-state index in [4.69, 9.17) is 5.11 Å². The van der Waals surface area contributed by atoms with Crippen LogP contribution in [0.4, 0.5) is 0 Å². The SMILES string of the molecule is C=C(C(=O)O)C(C)CC.C=CC(=O)OCCCC. The average molecular weight is 256 g/mol. The van der Waals surface area contributed by atoms with Gasteiger partial charge in [-0.25, -0.2) is 9.59 Å². The van der Waals surface area contributed by atoms with E-state index in [0.717, 1.165) is 19.3 Å². The van der Waals surface area contributed by atoms with Gasteiger partial charge < -0.3 is 9.84 Å². The molecule has 1 unspecified atom stereocenters. The standard InChI is InChI=1S/2C7H12O2/c1-4-5(2)6(3)7(8)9;1-3-5-6-9-7(8)4-2/h5H,3-4H2,1-2H3,(H,8,9);4H,2-3,5-6H2,1H3. The first kappa shape index (κ1) is 18.8. The first-order valence-electron chi connectivity index (χ1n) is 6.11. The Morgan fingerprint density at radius 2 is 1.94 bits per heavy atom. The van der Waals surface area contributed by atoms with Gasteiger partial charge in [0.25, 0.3) is 0 Å². The quantitative estimate of drug-likeness (QED) is 0.431. The van der Waals surface area contributed by atoms with Gasteiger partial charge in [-0.15, -0.1) is 0 Å². The highest BCUT2D eigenvalue weighted by molar-refractivity contribution is 5.86. The van der Waals surface area contributed by atoms with Crippen LogP contribution in [0.5, 0.6) is 0 Å². The monoisotopic (exact) mass is 256 g/mol. The molecule has 0 amide bonds. The van der Waals surface area contributed by atoms with Crippen molar-refractivity contribution in [2.45, 2.75) is 40.0 Å². The summed E-state index contributed by atoms with van der Waals surface area (Å²) in [5, 5.41) is 8.38. The normalized spacial score (nSPS) is 10.6. The lowest BCUT2D eigenvalue weighted by atomic mass is 10.0. The lowest BCUT2D eigenvalue weighted by molar-refractivity contribution is -0.138. The van der Waals surface area contributed by atoms with Crippen LogP contribution >= 0.6 is 0 Å². The van der Waals surface area contributed by atoms with Crippen LogP contribution in [0.2, 0.25) is 0 Å². The molecule has 1 atom stereocenters. The van der Waals surface area contributed by atoms with Crippen LogP contribution in [-0.2, 0) is 14.3 Å². The highest BCUT2D eigenvalue weighted by Crippen LogP contribution is 2.10. The summed E-state index contributed by atoms with van der Waals surface area (Å²) >= 11 is 0. The van der Waals surface area contributed by atoms with Gasteiger partial charge in [0, 0.05) is 11.6 Å². The van der Waals surface area contributed by atoms with Gasteiger partial charge in [0.05, 0.1) is 6.61 Å². The Balaban J connectivity index is 0. The molecule has 0 aliphatic carbocycles. The summed E-state index contributed by atoms with van der Waals surface area (Å²) in [6, 6.07) is 0. The van der Waals surface area contributed by atoms with Crippen molar-refractivity contribution in [3.63, 3.8) is 0 Å². The second-order valence-electron chi connectivity index (χ2n) is 3.86. The maximum absolute atomic E-state index is 10.3. The lowest BCUT2D eigenvalue weighted by Gasteiger charge is -2.05. The van der Waals surface area contributed by atoms with E-state index >= 15 is 0 Å². The Morgan fingerprint density at radius 3 is 2.22 bits per heavy atom. The molecule has 0 aromatic carbocycles. The summed E-state index contributed by atoms with van der Waals surface area (Å²) in [5.41, 5.74) is 0.303. The Labute approximate surface area is 109 Å². The molecule has 0 rings (SSSR count). The molecule has 0 aliphatic rings. The van der Waals surface area contributed by atoms with Crippen molar-refractivity contribution in [1.29, 1.82) is 0 Å². The predicted octanol–water partition coefficient (Wildman–Crippen LogP) is 3.19. The minimum Gasteiger partial charge on any atom is -0.478 e. The zero-order valence-corrected chi connectivity index (χ0v) is 11.6. The number of carbonyl (C=O) groups is 2. The number of carboxylic acids is 1. The zero-order valence-electron chi connectivity index (χ0n) is 11.6. The van der Waals surface area contributed by atoms with Crippen molar-refractivity contribution in [3.05, 3.63) is 24.8 Å². The largest absolute Gasteiger partial charge is 0.478 e. The van der Waals surface area contributed by atoms with Crippen LogP contribution < -0.4 is 0 Å². The number of carboxylic acid groups (broad SMARTS) is 1. The Hall–Kier alpha value is -1.58. The fourth-order valence-corrected chi connectivity index (χ4v) is 0.833. The van der Waals surface area contributed by atoms with E-state index in [0.29, 0.717) is 12.2 Å². The van der Waals surface area contributed by atoms with Crippen LogP contribution in [0, 0.1) is 5.92 Å². The minimum absolute atomic E-state index is 0.0995. The molecular weight excluding hydrogens is 232 g/mol. The molecule has 0 radical (unpaired) electrons. The fourth-order valence-electron chi connectivity index (χ4n) is 0.833. The number of aliphatic carboxylic acids is 1. The van der Waals surface area contributed by atoms with Crippen LogP contribution in [0.25, 0.3) is 0 Å². The van der Waals surface area contributed by atoms with Gasteiger partial charge in [-0.3, -0.25) is 0 Å². The van der Waals surface area contributed by atoms with E-state index in [-0.39, 0.29) is 11.9 Å². The molecule has 0 aromatic heterocycles. The van der Waals surface area contributed by atoms with E-state index in [1.807, 2.05) is 20.8 Å². The van der Waals surface area contributed by atoms with Crippen molar-refractivity contribution in [2.24, 2.45) is 5.92 Å². The number of hydrogen-bond donors (Lipinski definition) is 1. The van der Waals surface area contributed by atoms with Gasteiger partial charge >= 0.3 is 11.9 Å². The van der Waals surface area contributed by atoms with Gasteiger partial charge in [0.15, 0.2) is 0 Å². The number of unbranched alkanes of at least 4 members (excludes halogenated alkanes) is 1. The summed E-state index contributed by atoms with van der Waals surface area (Å²) in [6.45, 7) is 13.0. The first-order chi connectivity index (χ1) is 8.40. The summed E-state index contributed by atoms with van der Waals surface area (Å²) in [7, 11) is 0. The summed E-state index contributed by atoms with van der Waals surface area (Å²) < 4.78 is 4.67. The fraction of sp³-hybridized carbons (Fsp3) is 0.571. The maximum atomic E-state index is 10.3. The van der Waals surface area contributed by atoms with Crippen LogP contribution in [0.15, 0.2) is 24.8 Å². The highest BCUT2D eigenvalue weighted by Gasteiger charge is 2.09. The van der Waals surface area contributed by atoms with Crippen LogP contribution in [0.3, 0.4) is 0 Å². The van der Waals surface area contributed by atoms with Crippen molar-refractivity contribution in [1.82, 2.24) is 0 Å². The maximum Gasteiger partial charge on any atom is 0.331 e. The van der Waals surface area contributed by atoms with Crippen molar-refractivity contribution >= 4 is 11.9 Å². The number of carbonyl (C=O) groups excluding carboxylic acids is 1. The van der Waals surface area contributed by atoms with E-state index in [1.54, 1.807) is 0 Å². The average Bonchev–Trinajstić information content (AvgIpc) is 2.37. The lowest BCUT2D eigenvalue weighted by Crippen LogP contribution is -2.06. The Kier molecular flexibility index (Phi) is 12.4. The van der Waals surface area contributed by atoms with E-state index in [2.05, 4.69) is 17.9 Å². The Morgan fingerprint density at radius 1 is 1.39 bits per heavy atom. The smallest absolute Gasteiger partial charge is 0.331 e. The number of rotatable bonds is 7. The Bertz CT molecular complexity index is 282. The molecule has 1 N–H and O–H groups in total. The molecule has 18 heavy (non-hydrogen) atoms. The van der Waals surface area contributed by atoms with E-state index < -0.39 is 5.97 Å². The van der Waals surface area contributed by atoms with Gasteiger partial charge in [0.1, 0.15) is 0 Å². The van der Waals surface area contributed by atoms with Crippen LogP contribution in [0.1, 0.15) is 40.0 Å². The highest BCUT2D eigenvalue weighted by atomic mass is 16.5. The van der Waals surface area contributed by atoms with Gasteiger partial charge in [-0.1, -0.05) is 40.3 Å². The van der Waals surface area contributed by atoms with Gasteiger partial charge in [0.2, 0.25) is 0 Å². The van der Waals surface area contributed by atoms with E-state index in [1.165, 1.54) is 6.08 Å². The van der Waals surface area contributed by atoms with Crippen molar-refractivity contribution in [3.8, 4) is 0 Å². The molecule has 0 heterocycles. The minimum atomic E-state index is -0.885. The molecule has 0 bridgehead atoms. The third-order valence-electron chi connectivity index (χ3n) is 2.39. The number of esters is 1. The molecule has 0 fully saturated rings. The first-order valence-corrected chi connectivity index (χ1v) is 6.11. The molecular formula is C14H24O4. The van der Waals surface area contributed by atoms with Crippen LogP contribution in [-0.4, -0.2) is 23.7 Å². The second kappa shape index (κ2) is 11.9. The topological polar surface area (TPSA) is 63.6 Å². The third kappa shape index (κ3) is 10.9. The van der Waals surface area contributed by atoms with Crippen molar-refractivity contribution < 1.29 is 19.4 Å². The summed E-state index contributed by atoms with van der Waals surface area (Å²) in [5.74, 6) is -1.12. The second-order valence-corrected chi connectivity index (χ2v) is 3.86. The van der Waals surface area contributed by atoms with E-state index in [9.17, 15) is 9.59 Å². The zero-order chi connectivity index (χ0) is 14.6. The molecule has 0 aromatic rings. The predicted molar refractivity (Wildman–Crippen MR) is 72.3 cm³/mol. The number of hydrogen-bond acceptors (Lipinski definition) is 3.